The van der Waals surface area contributed by atoms with Gasteiger partial charge in [0.1, 0.15) is 0 Å². The van der Waals surface area contributed by atoms with Gasteiger partial charge in [0.15, 0.2) is 0 Å². The number of hydrogen-bond donors (Lipinski definition) is 0. The molecule has 1 aliphatic carbocycles. The van der Waals surface area contributed by atoms with E-state index in [0.29, 0.717) is 0 Å². The zero-order valence-corrected chi connectivity index (χ0v) is 28.2. The van der Waals surface area contributed by atoms with Crippen molar-refractivity contribution >= 4 is 33.9 Å². The van der Waals surface area contributed by atoms with Crippen LogP contribution in [0.4, 0.5) is 17.1 Å². The largest absolute Gasteiger partial charge is 0.310 e. The zero-order chi connectivity index (χ0) is 33.1. The third-order valence-corrected chi connectivity index (χ3v) is 8.76. The van der Waals surface area contributed by atoms with E-state index in [0.717, 1.165) is 12.8 Å². The number of hydrogen-bond acceptors (Lipinski definition) is 1. The van der Waals surface area contributed by atoms with Crippen LogP contribution >= 0.6 is 0 Å². The van der Waals surface area contributed by atoms with Crippen LogP contribution in [0.3, 0.4) is 0 Å². The molecule has 0 atom stereocenters. The molecule has 8 rings (SSSR count). The molecule has 0 unspecified atom stereocenters. The summed E-state index contributed by atoms with van der Waals surface area (Å²) in [5.41, 5.74) is 12.8. The van der Waals surface area contributed by atoms with E-state index in [9.17, 15) is 0 Å². The average Bonchev–Trinajstić information content (AvgIpc) is 3.14. The lowest BCUT2D eigenvalue weighted by molar-refractivity contribution is 0.979. The first-order chi connectivity index (χ1) is 23.6. The van der Waals surface area contributed by atoms with Crippen molar-refractivity contribution in [3.8, 4) is 11.1 Å². The average molecular weight is 622 g/mol. The number of fused-ring (bicyclic) bond motifs is 2. The first-order valence-corrected chi connectivity index (χ1v) is 16.8. The van der Waals surface area contributed by atoms with Gasteiger partial charge in [0.05, 0.1) is 0 Å². The SMILES string of the molecule is Cc1ccc(-c2ccc(N(c3ccccc3)c3cccc4c3CCC=C4)cc2)cc1.Cc1cccc2ccccc12.Cc1ccccc1. The molecular formula is C47H43N. The van der Waals surface area contributed by atoms with Crippen LogP contribution in [0.15, 0.2) is 176 Å². The Morgan fingerprint density at radius 2 is 1.02 bits per heavy atom. The summed E-state index contributed by atoms with van der Waals surface area (Å²) in [6, 6.07) is 60.0. The van der Waals surface area contributed by atoms with E-state index < -0.39 is 0 Å². The van der Waals surface area contributed by atoms with E-state index in [2.05, 4.69) is 189 Å². The number of allylic oxidation sites excluding steroid dienone is 1. The van der Waals surface area contributed by atoms with E-state index in [1.165, 1.54) is 66.8 Å². The molecule has 1 nitrogen and oxygen atoms in total. The third-order valence-electron chi connectivity index (χ3n) is 8.76. The predicted molar refractivity (Wildman–Crippen MR) is 209 cm³/mol. The second-order valence-electron chi connectivity index (χ2n) is 12.3. The molecular weight excluding hydrogens is 579 g/mol. The van der Waals surface area contributed by atoms with Crippen molar-refractivity contribution in [2.75, 3.05) is 4.90 Å². The number of rotatable bonds is 4. The highest BCUT2D eigenvalue weighted by Gasteiger charge is 2.18. The highest BCUT2D eigenvalue weighted by Crippen LogP contribution is 2.40. The Morgan fingerprint density at radius 1 is 0.458 bits per heavy atom. The van der Waals surface area contributed by atoms with E-state index >= 15 is 0 Å². The number of anilines is 3. The molecule has 236 valence electrons. The van der Waals surface area contributed by atoms with Crippen molar-refractivity contribution in [2.24, 2.45) is 0 Å². The number of benzene rings is 7. The Kier molecular flexibility index (Phi) is 10.6. The monoisotopic (exact) mass is 621 g/mol. The Labute approximate surface area is 286 Å². The molecule has 0 heterocycles. The van der Waals surface area contributed by atoms with Crippen molar-refractivity contribution in [1.82, 2.24) is 0 Å². The van der Waals surface area contributed by atoms with Gasteiger partial charge in [0.2, 0.25) is 0 Å². The fourth-order valence-corrected chi connectivity index (χ4v) is 6.14. The number of nitrogens with zero attached hydrogens (tertiary/aromatic N) is 1. The van der Waals surface area contributed by atoms with E-state index in [1.807, 2.05) is 18.2 Å². The quantitative estimate of drug-likeness (QED) is 0.189. The Morgan fingerprint density at radius 3 is 1.69 bits per heavy atom. The summed E-state index contributed by atoms with van der Waals surface area (Å²) >= 11 is 0. The van der Waals surface area contributed by atoms with Crippen molar-refractivity contribution in [1.29, 1.82) is 0 Å². The first-order valence-electron chi connectivity index (χ1n) is 16.8. The Balaban J connectivity index is 0.000000180. The predicted octanol–water partition coefficient (Wildman–Crippen LogP) is 13.2. The van der Waals surface area contributed by atoms with Crippen LogP contribution in [0, 0.1) is 20.8 Å². The minimum atomic E-state index is 1.08. The van der Waals surface area contributed by atoms with Gasteiger partial charge in [-0.25, -0.2) is 0 Å². The maximum absolute atomic E-state index is 2.39. The molecule has 0 saturated carbocycles. The summed E-state index contributed by atoms with van der Waals surface area (Å²) in [5, 5.41) is 2.68. The van der Waals surface area contributed by atoms with Gasteiger partial charge in [-0.2, -0.15) is 0 Å². The normalized spacial score (nSPS) is 11.4. The molecule has 0 saturated heterocycles. The molecule has 0 aromatic heterocycles. The standard InChI is InChI=1S/C29H25N.C11H10.C7H8/c1-22-14-16-23(17-15-22)24-18-20-27(21-19-24)30(26-10-3-2-4-11-26)29-13-7-9-25-8-5-6-12-28(25)29;1-9-5-4-7-10-6-2-3-8-11(9)10;1-7-5-3-2-4-6-7/h2-5,7-11,13-21H,6,12H2,1H3;2-8H,1H3;2-6H,1H3. The zero-order valence-electron chi connectivity index (χ0n) is 28.2. The van der Waals surface area contributed by atoms with Gasteiger partial charge in [-0.05, 0) is 103 Å². The van der Waals surface area contributed by atoms with Crippen LogP contribution in [-0.2, 0) is 6.42 Å². The van der Waals surface area contributed by atoms with Crippen LogP contribution in [-0.4, -0.2) is 0 Å². The summed E-state index contributed by atoms with van der Waals surface area (Å²) in [7, 11) is 0. The van der Waals surface area contributed by atoms with Gasteiger partial charge in [0, 0.05) is 17.1 Å². The van der Waals surface area contributed by atoms with E-state index in [-0.39, 0.29) is 0 Å². The maximum Gasteiger partial charge on any atom is 0.0499 e. The summed E-state index contributed by atoms with van der Waals surface area (Å²) < 4.78 is 0. The molecule has 1 heteroatoms. The summed E-state index contributed by atoms with van der Waals surface area (Å²) in [6.45, 7) is 6.35. The molecule has 0 bridgehead atoms. The van der Waals surface area contributed by atoms with Crippen molar-refractivity contribution in [3.63, 3.8) is 0 Å². The van der Waals surface area contributed by atoms with Gasteiger partial charge in [-0.1, -0.05) is 163 Å². The number of aryl methyl sites for hydroxylation is 3. The third kappa shape index (κ3) is 8.00. The van der Waals surface area contributed by atoms with Gasteiger partial charge < -0.3 is 4.90 Å². The highest BCUT2D eigenvalue weighted by molar-refractivity contribution is 5.85. The van der Waals surface area contributed by atoms with Crippen LogP contribution in [0.25, 0.3) is 28.0 Å². The molecule has 0 amide bonds. The molecule has 0 spiro atoms. The molecule has 0 radical (unpaired) electrons. The summed E-state index contributed by atoms with van der Waals surface area (Å²) in [5.74, 6) is 0. The topological polar surface area (TPSA) is 3.24 Å². The first kappa shape index (κ1) is 32.3. The molecule has 0 aliphatic heterocycles. The van der Waals surface area contributed by atoms with Gasteiger partial charge in [-0.3, -0.25) is 0 Å². The van der Waals surface area contributed by atoms with Crippen LogP contribution in [0.5, 0.6) is 0 Å². The fourth-order valence-electron chi connectivity index (χ4n) is 6.14. The van der Waals surface area contributed by atoms with Crippen molar-refractivity contribution in [3.05, 3.63) is 204 Å². The van der Waals surface area contributed by atoms with Crippen LogP contribution < -0.4 is 4.90 Å². The Hall–Kier alpha value is -5.66. The molecule has 0 fully saturated rings. The molecule has 7 aromatic rings. The van der Waals surface area contributed by atoms with Gasteiger partial charge >= 0.3 is 0 Å². The molecule has 7 aromatic carbocycles. The lowest BCUT2D eigenvalue weighted by Gasteiger charge is -2.29. The second-order valence-corrected chi connectivity index (χ2v) is 12.3. The molecule has 0 N–H and O–H groups in total. The van der Waals surface area contributed by atoms with Crippen molar-refractivity contribution < 1.29 is 0 Å². The van der Waals surface area contributed by atoms with Crippen molar-refractivity contribution in [2.45, 2.75) is 33.6 Å². The minimum Gasteiger partial charge on any atom is -0.310 e. The maximum atomic E-state index is 2.39. The van der Waals surface area contributed by atoms with E-state index in [1.54, 1.807) is 0 Å². The van der Waals surface area contributed by atoms with E-state index in [4.69, 9.17) is 0 Å². The second kappa shape index (κ2) is 15.8. The van der Waals surface area contributed by atoms with Gasteiger partial charge in [0.25, 0.3) is 0 Å². The minimum absolute atomic E-state index is 1.08. The lowest BCUT2D eigenvalue weighted by atomic mass is 9.94. The summed E-state index contributed by atoms with van der Waals surface area (Å²) in [6.07, 6.45) is 6.70. The lowest BCUT2D eigenvalue weighted by Crippen LogP contribution is -2.13. The van der Waals surface area contributed by atoms with Crippen LogP contribution in [0.1, 0.15) is 34.2 Å². The number of para-hydroxylation sites is 1. The molecule has 1 aliphatic rings. The fraction of sp³-hybridized carbons (Fsp3) is 0.106. The highest BCUT2D eigenvalue weighted by atomic mass is 15.1. The summed E-state index contributed by atoms with van der Waals surface area (Å²) in [4.78, 5) is 2.39. The van der Waals surface area contributed by atoms with Crippen LogP contribution in [0.2, 0.25) is 0 Å². The molecule has 48 heavy (non-hydrogen) atoms. The Bertz CT molecular complexity index is 2070. The van der Waals surface area contributed by atoms with Gasteiger partial charge in [-0.15, -0.1) is 0 Å². The smallest absolute Gasteiger partial charge is 0.0499 e.